The van der Waals surface area contributed by atoms with Gasteiger partial charge in [0.25, 0.3) is 5.91 Å². The Morgan fingerprint density at radius 1 is 1.11 bits per heavy atom. The molecular formula is C23H24N2O3. The molecule has 5 nitrogen and oxygen atoms in total. The Morgan fingerprint density at radius 3 is 2.64 bits per heavy atom. The first kappa shape index (κ1) is 18.3. The third-order valence-electron chi connectivity index (χ3n) is 5.25. The Kier molecular flexibility index (Phi) is 4.69. The van der Waals surface area contributed by atoms with Crippen LogP contribution in [0.1, 0.15) is 27.2 Å². The fourth-order valence-corrected chi connectivity index (χ4v) is 3.74. The summed E-state index contributed by atoms with van der Waals surface area (Å²) in [7, 11) is 1.70. The van der Waals surface area contributed by atoms with Gasteiger partial charge in [-0.05, 0) is 56.2 Å². The van der Waals surface area contributed by atoms with Crippen LogP contribution in [0.5, 0.6) is 0 Å². The van der Waals surface area contributed by atoms with Gasteiger partial charge in [-0.2, -0.15) is 0 Å². The number of carbonyl (C=O) groups is 1. The number of benzene rings is 2. The van der Waals surface area contributed by atoms with Crippen LogP contribution in [0.2, 0.25) is 0 Å². The lowest BCUT2D eigenvalue weighted by atomic mass is 10.0. The lowest BCUT2D eigenvalue weighted by Crippen LogP contribution is -2.12. The van der Waals surface area contributed by atoms with Crippen LogP contribution in [0, 0.1) is 20.8 Å². The van der Waals surface area contributed by atoms with E-state index in [0.29, 0.717) is 12.4 Å². The standard InChI is InChI=1S/C23H24N2O3/c1-14-5-6-15(2)21-20(14)16(3)22(28-21)23(26)24-18-7-8-19-17(13-18)9-10-25(19)11-12-27-4/h5-10,13H,11-12H2,1-4H3,(H,24,26). The van der Waals surface area contributed by atoms with Crippen LogP contribution in [0.4, 0.5) is 5.69 Å². The van der Waals surface area contributed by atoms with Gasteiger partial charge in [0.15, 0.2) is 5.76 Å². The SMILES string of the molecule is COCCn1ccc2cc(NC(=O)c3oc4c(C)ccc(C)c4c3C)ccc21. The number of anilines is 1. The summed E-state index contributed by atoms with van der Waals surface area (Å²) < 4.78 is 13.2. The number of rotatable bonds is 5. The molecule has 1 amide bonds. The topological polar surface area (TPSA) is 56.4 Å². The summed E-state index contributed by atoms with van der Waals surface area (Å²) >= 11 is 0. The monoisotopic (exact) mass is 376 g/mol. The van der Waals surface area contributed by atoms with E-state index in [9.17, 15) is 4.79 Å². The predicted molar refractivity (Wildman–Crippen MR) is 112 cm³/mol. The third kappa shape index (κ3) is 3.08. The zero-order valence-corrected chi connectivity index (χ0v) is 16.6. The summed E-state index contributed by atoms with van der Waals surface area (Å²) in [6.45, 7) is 7.42. The number of carbonyl (C=O) groups excluding carboxylic acids is 1. The summed E-state index contributed by atoms with van der Waals surface area (Å²) in [6.07, 6.45) is 2.03. The number of nitrogens with one attached hydrogen (secondary N) is 1. The molecule has 0 saturated carbocycles. The molecule has 4 rings (SSSR count). The Hall–Kier alpha value is -3.05. The van der Waals surface area contributed by atoms with Gasteiger partial charge in [0.1, 0.15) is 5.58 Å². The average molecular weight is 376 g/mol. The van der Waals surface area contributed by atoms with Crippen molar-refractivity contribution in [1.29, 1.82) is 0 Å². The lowest BCUT2D eigenvalue weighted by Gasteiger charge is -2.07. The van der Waals surface area contributed by atoms with Gasteiger partial charge in [0, 0.05) is 47.4 Å². The zero-order valence-electron chi connectivity index (χ0n) is 16.6. The van der Waals surface area contributed by atoms with Crippen molar-refractivity contribution in [2.75, 3.05) is 19.0 Å². The molecule has 0 atom stereocenters. The Labute approximate surface area is 163 Å². The number of aromatic nitrogens is 1. The lowest BCUT2D eigenvalue weighted by molar-refractivity contribution is 0.0998. The molecule has 28 heavy (non-hydrogen) atoms. The van der Waals surface area contributed by atoms with Crippen LogP contribution in [0.25, 0.3) is 21.9 Å². The number of fused-ring (bicyclic) bond motifs is 2. The van der Waals surface area contributed by atoms with Gasteiger partial charge >= 0.3 is 0 Å². The smallest absolute Gasteiger partial charge is 0.291 e. The largest absolute Gasteiger partial charge is 0.450 e. The molecule has 144 valence electrons. The van der Waals surface area contributed by atoms with E-state index in [1.165, 1.54) is 0 Å². The maximum absolute atomic E-state index is 12.9. The highest BCUT2D eigenvalue weighted by atomic mass is 16.5. The molecule has 4 aromatic rings. The average Bonchev–Trinajstić information content (AvgIpc) is 3.24. The maximum Gasteiger partial charge on any atom is 0.291 e. The highest BCUT2D eigenvalue weighted by Crippen LogP contribution is 2.31. The first-order valence-corrected chi connectivity index (χ1v) is 9.38. The molecule has 5 heteroatoms. The maximum atomic E-state index is 12.9. The van der Waals surface area contributed by atoms with Gasteiger partial charge in [-0.1, -0.05) is 12.1 Å². The molecule has 2 heterocycles. The fraction of sp³-hybridized carbons (Fsp3) is 0.261. The van der Waals surface area contributed by atoms with E-state index in [-0.39, 0.29) is 5.91 Å². The van der Waals surface area contributed by atoms with Crippen molar-refractivity contribution in [3.05, 3.63) is 65.0 Å². The van der Waals surface area contributed by atoms with Gasteiger partial charge < -0.3 is 19.0 Å². The van der Waals surface area contributed by atoms with Crippen LogP contribution in [-0.2, 0) is 11.3 Å². The van der Waals surface area contributed by atoms with E-state index in [1.54, 1.807) is 7.11 Å². The summed E-state index contributed by atoms with van der Waals surface area (Å²) in [5.74, 6) is 0.135. The minimum Gasteiger partial charge on any atom is -0.450 e. The quantitative estimate of drug-likeness (QED) is 0.520. The number of furan rings is 1. The third-order valence-corrected chi connectivity index (χ3v) is 5.25. The number of hydrogen-bond donors (Lipinski definition) is 1. The number of aryl methyl sites for hydroxylation is 3. The summed E-state index contributed by atoms with van der Waals surface area (Å²) in [5.41, 5.74) is 5.66. The Bertz CT molecular complexity index is 1180. The van der Waals surface area contributed by atoms with Crippen molar-refractivity contribution in [3.8, 4) is 0 Å². The first-order valence-electron chi connectivity index (χ1n) is 9.38. The molecule has 0 unspecified atom stereocenters. The van der Waals surface area contributed by atoms with Crippen molar-refractivity contribution >= 4 is 33.5 Å². The van der Waals surface area contributed by atoms with Gasteiger partial charge in [-0.15, -0.1) is 0 Å². The first-order chi connectivity index (χ1) is 13.5. The van der Waals surface area contributed by atoms with E-state index in [1.807, 2.05) is 57.3 Å². The molecule has 0 aliphatic heterocycles. The molecule has 0 radical (unpaired) electrons. The molecule has 0 spiro atoms. The minimum absolute atomic E-state index is 0.231. The minimum atomic E-state index is -0.231. The number of methoxy groups -OCH3 is 1. The van der Waals surface area contributed by atoms with Crippen molar-refractivity contribution in [2.24, 2.45) is 0 Å². The molecule has 0 fully saturated rings. The Morgan fingerprint density at radius 2 is 1.89 bits per heavy atom. The van der Waals surface area contributed by atoms with Crippen LogP contribution >= 0.6 is 0 Å². The molecule has 1 N–H and O–H groups in total. The molecule has 0 aliphatic carbocycles. The zero-order chi connectivity index (χ0) is 19.8. The summed E-state index contributed by atoms with van der Waals surface area (Å²) in [5, 5.41) is 5.07. The Balaban J connectivity index is 1.63. The van der Waals surface area contributed by atoms with Crippen molar-refractivity contribution in [1.82, 2.24) is 4.57 Å². The molecule has 2 aromatic carbocycles. The number of ether oxygens (including phenoxy) is 1. The highest BCUT2D eigenvalue weighted by Gasteiger charge is 2.20. The predicted octanol–water partition coefficient (Wildman–Crippen LogP) is 5.21. The second-order valence-corrected chi connectivity index (χ2v) is 7.19. The van der Waals surface area contributed by atoms with E-state index < -0.39 is 0 Å². The van der Waals surface area contributed by atoms with Crippen LogP contribution < -0.4 is 5.32 Å². The van der Waals surface area contributed by atoms with Crippen molar-refractivity contribution in [2.45, 2.75) is 27.3 Å². The van der Waals surface area contributed by atoms with E-state index in [4.69, 9.17) is 9.15 Å². The van der Waals surface area contributed by atoms with Crippen molar-refractivity contribution in [3.63, 3.8) is 0 Å². The second-order valence-electron chi connectivity index (χ2n) is 7.19. The molecule has 0 bridgehead atoms. The van der Waals surface area contributed by atoms with Gasteiger partial charge in [-0.3, -0.25) is 4.79 Å². The summed E-state index contributed by atoms with van der Waals surface area (Å²) in [6, 6.07) is 12.0. The van der Waals surface area contributed by atoms with Gasteiger partial charge in [0.2, 0.25) is 0 Å². The van der Waals surface area contributed by atoms with E-state index >= 15 is 0 Å². The molecule has 0 saturated heterocycles. The van der Waals surface area contributed by atoms with Crippen LogP contribution in [-0.4, -0.2) is 24.2 Å². The normalized spacial score (nSPS) is 11.4. The van der Waals surface area contributed by atoms with Gasteiger partial charge in [-0.25, -0.2) is 0 Å². The highest BCUT2D eigenvalue weighted by molar-refractivity contribution is 6.07. The number of hydrogen-bond acceptors (Lipinski definition) is 3. The second kappa shape index (κ2) is 7.17. The fourth-order valence-electron chi connectivity index (χ4n) is 3.74. The van der Waals surface area contributed by atoms with Crippen LogP contribution in [0.15, 0.2) is 47.0 Å². The summed E-state index contributed by atoms with van der Waals surface area (Å²) in [4.78, 5) is 12.9. The van der Waals surface area contributed by atoms with Gasteiger partial charge in [0.05, 0.1) is 6.61 Å². The molecule has 2 aromatic heterocycles. The van der Waals surface area contributed by atoms with Crippen molar-refractivity contribution < 1.29 is 13.9 Å². The number of amides is 1. The molecule has 0 aliphatic rings. The van der Waals surface area contributed by atoms with E-state index in [0.717, 1.165) is 50.8 Å². The van der Waals surface area contributed by atoms with E-state index in [2.05, 4.69) is 16.0 Å². The molecular weight excluding hydrogens is 352 g/mol. The van der Waals surface area contributed by atoms with Crippen LogP contribution in [0.3, 0.4) is 0 Å². The number of nitrogens with zero attached hydrogens (tertiary/aromatic N) is 1.